The number of hydrogen-bond donors (Lipinski definition) is 1. The van der Waals surface area contributed by atoms with Gasteiger partial charge in [-0.15, -0.1) is 16.9 Å². The molecule has 2 aromatic rings. The summed E-state index contributed by atoms with van der Waals surface area (Å²) in [6, 6.07) is 6.94. The first kappa shape index (κ1) is 11.7. The predicted molar refractivity (Wildman–Crippen MR) is 64.0 cm³/mol. The van der Waals surface area contributed by atoms with E-state index in [4.69, 9.17) is 5.11 Å². The molecule has 0 radical (unpaired) electrons. The zero-order chi connectivity index (χ0) is 12.3. The van der Waals surface area contributed by atoms with Gasteiger partial charge in [-0.2, -0.15) is 0 Å². The molecule has 1 heterocycles. The number of thioether (sulfide) groups is 1. The van der Waals surface area contributed by atoms with Gasteiger partial charge in [-0.1, -0.05) is 17.3 Å². The third-order valence-electron chi connectivity index (χ3n) is 2.14. The normalized spacial score (nSPS) is 10.4. The van der Waals surface area contributed by atoms with Gasteiger partial charge in [-0.05, 0) is 12.1 Å². The van der Waals surface area contributed by atoms with Gasteiger partial charge in [0.2, 0.25) is 0 Å². The van der Waals surface area contributed by atoms with Crippen LogP contribution in [0.1, 0.15) is 16.1 Å². The number of rotatable bonds is 4. The Kier molecular flexibility index (Phi) is 3.43. The quantitative estimate of drug-likeness (QED) is 0.837. The van der Waals surface area contributed by atoms with Crippen LogP contribution in [0.3, 0.4) is 0 Å². The Morgan fingerprint density at radius 2 is 2.24 bits per heavy atom. The molecule has 0 aliphatic carbocycles. The minimum absolute atomic E-state index is 0.321. The molecular weight excluding hydrogens is 238 g/mol. The number of aromatic carboxylic acids is 1. The summed E-state index contributed by atoms with van der Waals surface area (Å²) in [5.74, 6) is -0.301. The number of hydrogen-bond acceptors (Lipinski definition) is 4. The second kappa shape index (κ2) is 5.01. The van der Waals surface area contributed by atoms with Crippen molar-refractivity contribution in [1.82, 2.24) is 15.0 Å². The van der Waals surface area contributed by atoms with Crippen LogP contribution in [0.5, 0.6) is 0 Å². The number of aryl methyl sites for hydroxylation is 1. The maximum Gasteiger partial charge on any atom is 0.336 e. The van der Waals surface area contributed by atoms with Crippen molar-refractivity contribution in [2.45, 2.75) is 10.6 Å². The third-order valence-corrected chi connectivity index (χ3v) is 3.25. The zero-order valence-electron chi connectivity index (χ0n) is 9.20. The van der Waals surface area contributed by atoms with Crippen LogP contribution in [-0.4, -0.2) is 26.1 Å². The average molecular weight is 249 g/mol. The van der Waals surface area contributed by atoms with Crippen molar-refractivity contribution in [2.24, 2.45) is 7.05 Å². The Hall–Kier alpha value is -1.82. The fourth-order valence-corrected chi connectivity index (χ4v) is 2.30. The lowest BCUT2D eigenvalue weighted by molar-refractivity contribution is 0.0693. The summed E-state index contributed by atoms with van der Waals surface area (Å²) in [4.78, 5) is 11.7. The number of nitrogens with zero attached hydrogens (tertiary/aromatic N) is 3. The van der Waals surface area contributed by atoms with E-state index >= 15 is 0 Å². The Balaban J connectivity index is 2.11. The molecule has 0 atom stereocenters. The predicted octanol–water partition coefficient (Wildman–Crippen LogP) is 1.81. The molecule has 6 heteroatoms. The molecule has 1 aromatic heterocycles. The second-order valence-corrected chi connectivity index (χ2v) is 4.49. The van der Waals surface area contributed by atoms with Crippen molar-refractivity contribution in [3.05, 3.63) is 41.7 Å². The highest BCUT2D eigenvalue weighted by Crippen LogP contribution is 2.25. The molecule has 1 aromatic carbocycles. The highest BCUT2D eigenvalue weighted by molar-refractivity contribution is 7.98. The molecule has 0 bridgehead atoms. The smallest absolute Gasteiger partial charge is 0.336 e. The fraction of sp³-hybridized carbons (Fsp3) is 0.182. The first-order valence-corrected chi connectivity index (χ1v) is 5.95. The van der Waals surface area contributed by atoms with Gasteiger partial charge in [0.05, 0.1) is 11.3 Å². The van der Waals surface area contributed by atoms with E-state index in [1.165, 1.54) is 11.8 Å². The van der Waals surface area contributed by atoms with Gasteiger partial charge in [0, 0.05) is 23.9 Å². The highest BCUT2D eigenvalue weighted by Gasteiger charge is 2.10. The molecule has 1 N–H and O–H groups in total. The van der Waals surface area contributed by atoms with Crippen molar-refractivity contribution >= 4 is 17.7 Å². The molecule has 0 fully saturated rings. The standard InChI is InChI=1S/C11H11N3O2S/c1-14-6-8(12-13-14)7-17-10-5-3-2-4-9(10)11(15)16/h2-6H,7H2,1H3,(H,15,16). The molecule has 0 saturated carbocycles. The van der Waals surface area contributed by atoms with E-state index < -0.39 is 5.97 Å². The van der Waals surface area contributed by atoms with Crippen molar-refractivity contribution in [3.8, 4) is 0 Å². The van der Waals surface area contributed by atoms with E-state index in [0.29, 0.717) is 11.3 Å². The van der Waals surface area contributed by atoms with Crippen LogP contribution < -0.4 is 0 Å². The van der Waals surface area contributed by atoms with E-state index in [0.717, 1.165) is 10.6 Å². The summed E-state index contributed by atoms with van der Waals surface area (Å²) >= 11 is 1.45. The summed E-state index contributed by atoms with van der Waals surface area (Å²) in [6.07, 6.45) is 1.82. The molecule has 0 unspecified atom stereocenters. The van der Waals surface area contributed by atoms with Crippen LogP contribution in [-0.2, 0) is 12.8 Å². The Morgan fingerprint density at radius 3 is 2.88 bits per heavy atom. The minimum Gasteiger partial charge on any atom is -0.478 e. The molecule has 0 spiro atoms. The van der Waals surface area contributed by atoms with Crippen molar-refractivity contribution in [2.75, 3.05) is 0 Å². The molecule has 17 heavy (non-hydrogen) atoms. The van der Waals surface area contributed by atoms with Crippen LogP contribution in [0.4, 0.5) is 0 Å². The van der Waals surface area contributed by atoms with Crippen LogP contribution in [0.15, 0.2) is 35.4 Å². The van der Waals surface area contributed by atoms with Gasteiger partial charge in [-0.25, -0.2) is 4.79 Å². The summed E-state index contributed by atoms with van der Waals surface area (Å²) in [6.45, 7) is 0. The Labute approximate surface area is 102 Å². The molecule has 0 saturated heterocycles. The van der Waals surface area contributed by atoms with Gasteiger partial charge >= 0.3 is 5.97 Å². The van der Waals surface area contributed by atoms with E-state index in [1.807, 2.05) is 12.3 Å². The molecular formula is C11H11N3O2S. The first-order chi connectivity index (χ1) is 8.16. The van der Waals surface area contributed by atoms with Crippen LogP contribution in [0.25, 0.3) is 0 Å². The maximum absolute atomic E-state index is 11.0. The van der Waals surface area contributed by atoms with Crippen LogP contribution >= 0.6 is 11.8 Å². The molecule has 2 rings (SSSR count). The highest BCUT2D eigenvalue weighted by atomic mass is 32.2. The number of aromatic nitrogens is 3. The SMILES string of the molecule is Cn1cc(CSc2ccccc2C(=O)O)nn1. The lowest BCUT2D eigenvalue weighted by atomic mass is 10.2. The van der Waals surface area contributed by atoms with E-state index in [2.05, 4.69) is 10.3 Å². The topological polar surface area (TPSA) is 68.0 Å². The number of carboxylic acids is 1. The Morgan fingerprint density at radius 1 is 1.47 bits per heavy atom. The van der Waals surface area contributed by atoms with E-state index in [1.54, 1.807) is 29.9 Å². The molecule has 0 amide bonds. The average Bonchev–Trinajstić information content (AvgIpc) is 2.73. The van der Waals surface area contributed by atoms with Gasteiger partial charge < -0.3 is 5.11 Å². The lowest BCUT2D eigenvalue weighted by Crippen LogP contribution is -1.98. The van der Waals surface area contributed by atoms with Gasteiger partial charge in [-0.3, -0.25) is 4.68 Å². The number of carboxylic acid groups (broad SMARTS) is 1. The fourth-order valence-electron chi connectivity index (χ4n) is 1.38. The summed E-state index contributed by atoms with van der Waals surface area (Å²) in [7, 11) is 1.80. The third kappa shape index (κ3) is 2.85. The number of benzene rings is 1. The largest absolute Gasteiger partial charge is 0.478 e. The van der Waals surface area contributed by atoms with Crippen LogP contribution in [0.2, 0.25) is 0 Å². The lowest BCUT2D eigenvalue weighted by Gasteiger charge is -2.03. The molecule has 5 nitrogen and oxygen atoms in total. The summed E-state index contributed by atoms with van der Waals surface area (Å²) in [5, 5.41) is 16.8. The van der Waals surface area contributed by atoms with Gasteiger partial charge in [0.25, 0.3) is 0 Å². The molecule has 0 aliphatic rings. The maximum atomic E-state index is 11.0. The summed E-state index contributed by atoms with van der Waals surface area (Å²) in [5.41, 5.74) is 1.15. The van der Waals surface area contributed by atoms with E-state index in [-0.39, 0.29) is 0 Å². The molecule has 0 aliphatic heterocycles. The van der Waals surface area contributed by atoms with Crippen molar-refractivity contribution in [1.29, 1.82) is 0 Å². The first-order valence-electron chi connectivity index (χ1n) is 4.97. The minimum atomic E-state index is -0.910. The van der Waals surface area contributed by atoms with Gasteiger partial charge in [0.15, 0.2) is 0 Å². The van der Waals surface area contributed by atoms with Crippen molar-refractivity contribution < 1.29 is 9.90 Å². The van der Waals surface area contributed by atoms with Crippen LogP contribution in [0, 0.1) is 0 Å². The van der Waals surface area contributed by atoms with E-state index in [9.17, 15) is 4.79 Å². The van der Waals surface area contributed by atoms with Crippen molar-refractivity contribution in [3.63, 3.8) is 0 Å². The number of carbonyl (C=O) groups is 1. The second-order valence-electron chi connectivity index (χ2n) is 3.47. The Bertz CT molecular complexity index is 539. The summed E-state index contributed by atoms with van der Waals surface area (Å²) < 4.78 is 1.62. The molecule has 88 valence electrons. The van der Waals surface area contributed by atoms with Gasteiger partial charge in [0.1, 0.15) is 0 Å². The zero-order valence-corrected chi connectivity index (χ0v) is 10.0. The monoisotopic (exact) mass is 249 g/mol.